The monoisotopic (exact) mass is 392 g/mol. The lowest BCUT2D eigenvalue weighted by molar-refractivity contribution is 0.287. The van der Waals surface area contributed by atoms with Gasteiger partial charge >= 0.3 is 4.87 Å². The van der Waals surface area contributed by atoms with Gasteiger partial charge in [-0.2, -0.15) is 0 Å². The first kappa shape index (κ1) is 18.6. The van der Waals surface area contributed by atoms with Crippen LogP contribution < -0.4 is 14.3 Å². The second-order valence-electron chi connectivity index (χ2n) is 6.20. The largest absolute Gasteiger partial charge is 0.492 e. The van der Waals surface area contributed by atoms with Crippen LogP contribution in [-0.2, 0) is 17.1 Å². The Hall–Kier alpha value is -2.16. The molecule has 0 fully saturated rings. The van der Waals surface area contributed by atoms with Crippen LogP contribution in [0.3, 0.4) is 0 Å². The Morgan fingerprint density at radius 2 is 1.88 bits per heavy atom. The minimum absolute atomic E-state index is 0.123. The SMILES string of the molecule is Cc1ccc(OC[C@@H](C)NS(=O)(=O)c2ccc3c(c2)sc(=O)n3C)cc1. The third-order valence-corrected chi connectivity index (χ3v) is 6.53. The summed E-state index contributed by atoms with van der Waals surface area (Å²) >= 11 is 1.03. The summed E-state index contributed by atoms with van der Waals surface area (Å²) in [4.78, 5) is 11.7. The number of aryl methyl sites for hydroxylation is 2. The van der Waals surface area contributed by atoms with Crippen molar-refractivity contribution in [3.63, 3.8) is 0 Å². The maximum atomic E-state index is 12.6. The minimum atomic E-state index is -3.70. The molecule has 26 heavy (non-hydrogen) atoms. The molecule has 0 aliphatic rings. The predicted octanol–water partition coefficient (Wildman–Crippen LogP) is 2.65. The lowest BCUT2D eigenvalue weighted by atomic mass is 10.2. The van der Waals surface area contributed by atoms with Crippen molar-refractivity contribution in [3.8, 4) is 5.75 Å². The molecule has 0 unspecified atom stereocenters. The van der Waals surface area contributed by atoms with E-state index in [1.165, 1.54) is 16.7 Å². The van der Waals surface area contributed by atoms with Crippen molar-refractivity contribution in [2.75, 3.05) is 6.61 Å². The third kappa shape index (κ3) is 3.98. The molecule has 138 valence electrons. The summed E-state index contributed by atoms with van der Waals surface area (Å²) in [5.41, 5.74) is 1.85. The van der Waals surface area contributed by atoms with Crippen molar-refractivity contribution in [2.24, 2.45) is 7.05 Å². The van der Waals surface area contributed by atoms with Crippen LogP contribution >= 0.6 is 11.3 Å². The maximum Gasteiger partial charge on any atom is 0.307 e. The predicted molar refractivity (Wildman–Crippen MR) is 104 cm³/mol. The van der Waals surface area contributed by atoms with E-state index in [2.05, 4.69) is 4.72 Å². The molecule has 3 rings (SSSR count). The van der Waals surface area contributed by atoms with Crippen molar-refractivity contribution in [2.45, 2.75) is 24.8 Å². The quantitative estimate of drug-likeness (QED) is 0.700. The van der Waals surface area contributed by atoms with Crippen LogP contribution in [0.4, 0.5) is 0 Å². The minimum Gasteiger partial charge on any atom is -0.492 e. The van der Waals surface area contributed by atoms with Gasteiger partial charge in [0, 0.05) is 7.05 Å². The zero-order valence-electron chi connectivity index (χ0n) is 14.7. The number of thiazole rings is 1. The van der Waals surface area contributed by atoms with Gasteiger partial charge in [0.1, 0.15) is 12.4 Å². The van der Waals surface area contributed by atoms with Crippen LogP contribution in [0.15, 0.2) is 52.2 Å². The Bertz CT molecular complexity index is 1080. The number of ether oxygens (including phenoxy) is 1. The lowest BCUT2D eigenvalue weighted by Crippen LogP contribution is -2.36. The maximum absolute atomic E-state index is 12.6. The zero-order valence-corrected chi connectivity index (χ0v) is 16.4. The third-order valence-electron chi connectivity index (χ3n) is 3.95. The molecule has 0 saturated carbocycles. The van der Waals surface area contributed by atoms with Gasteiger partial charge in [0.15, 0.2) is 0 Å². The average molecular weight is 393 g/mol. The van der Waals surface area contributed by atoms with E-state index >= 15 is 0 Å². The van der Waals surface area contributed by atoms with Gasteiger partial charge in [0.2, 0.25) is 10.0 Å². The molecule has 0 saturated heterocycles. The molecule has 8 heteroatoms. The molecule has 0 aliphatic heterocycles. The van der Waals surface area contributed by atoms with Crippen molar-refractivity contribution in [3.05, 3.63) is 57.7 Å². The van der Waals surface area contributed by atoms with Crippen LogP contribution in [0.25, 0.3) is 10.2 Å². The Kier molecular flexibility index (Phi) is 5.17. The van der Waals surface area contributed by atoms with Gasteiger partial charge in [-0.15, -0.1) is 0 Å². The topological polar surface area (TPSA) is 77.4 Å². The van der Waals surface area contributed by atoms with Crippen LogP contribution in [-0.4, -0.2) is 25.6 Å². The lowest BCUT2D eigenvalue weighted by Gasteiger charge is -2.15. The summed E-state index contributed by atoms with van der Waals surface area (Å²) in [6.45, 7) is 3.94. The summed E-state index contributed by atoms with van der Waals surface area (Å²) in [6.07, 6.45) is 0. The molecule has 1 heterocycles. The molecule has 0 radical (unpaired) electrons. The first-order valence-electron chi connectivity index (χ1n) is 8.07. The molecule has 0 spiro atoms. The smallest absolute Gasteiger partial charge is 0.307 e. The molecule has 0 bridgehead atoms. The van der Waals surface area contributed by atoms with Crippen LogP contribution in [0, 0.1) is 6.92 Å². The average Bonchev–Trinajstić information content (AvgIpc) is 2.88. The fraction of sp³-hybridized carbons (Fsp3) is 0.278. The van der Waals surface area contributed by atoms with Crippen LogP contribution in [0.1, 0.15) is 12.5 Å². The molecular formula is C18H20N2O4S2. The Labute approximate surface area is 156 Å². The van der Waals surface area contributed by atoms with E-state index in [9.17, 15) is 13.2 Å². The van der Waals surface area contributed by atoms with Gasteiger partial charge in [-0.3, -0.25) is 4.79 Å². The first-order chi connectivity index (χ1) is 12.3. The van der Waals surface area contributed by atoms with E-state index in [0.29, 0.717) is 10.4 Å². The van der Waals surface area contributed by atoms with Crippen LogP contribution in [0.5, 0.6) is 5.75 Å². The van der Waals surface area contributed by atoms with Gasteiger partial charge in [0.05, 0.1) is 21.2 Å². The molecule has 1 N–H and O–H groups in total. The van der Waals surface area contributed by atoms with E-state index in [0.717, 1.165) is 22.4 Å². The molecular weight excluding hydrogens is 372 g/mol. The van der Waals surface area contributed by atoms with Gasteiger partial charge in [-0.1, -0.05) is 29.0 Å². The molecule has 1 atom stereocenters. The van der Waals surface area contributed by atoms with E-state index in [1.807, 2.05) is 31.2 Å². The highest BCUT2D eigenvalue weighted by Gasteiger charge is 2.19. The first-order valence-corrected chi connectivity index (χ1v) is 10.4. The number of nitrogens with one attached hydrogen (secondary N) is 1. The van der Waals surface area contributed by atoms with E-state index in [4.69, 9.17) is 4.74 Å². The van der Waals surface area contributed by atoms with Gasteiger partial charge in [-0.25, -0.2) is 13.1 Å². The van der Waals surface area contributed by atoms with Crippen molar-refractivity contribution >= 4 is 31.6 Å². The van der Waals surface area contributed by atoms with Gasteiger partial charge in [0.25, 0.3) is 0 Å². The molecule has 1 aromatic heterocycles. The molecule has 0 aliphatic carbocycles. The number of rotatable bonds is 6. The number of sulfonamides is 1. The van der Waals surface area contributed by atoms with Crippen molar-refractivity contribution < 1.29 is 13.2 Å². The fourth-order valence-corrected chi connectivity index (χ4v) is 4.75. The molecule has 6 nitrogen and oxygen atoms in total. The van der Waals surface area contributed by atoms with E-state index in [-0.39, 0.29) is 16.4 Å². The zero-order chi connectivity index (χ0) is 18.9. The Morgan fingerprint density at radius 1 is 1.19 bits per heavy atom. The molecule has 2 aromatic carbocycles. The Balaban J connectivity index is 1.71. The Morgan fingerprint density at radius 3 is 2.58 bits per heavy atom. The second kappa shape index (κ2) is 7.22. The number of hydrogen-bond donors (Lipinski definition) is 1. The molecule has 0 amide bonds. The fourth-order valence-electron chi connectivity index (χ4n) is 2.50. The summed E-state index contributed by atoms with van der Waals surface area (Å²) < 4.78 is 35.5. The summed E-state index contributed by atoms with van der Waals surface area (Å²) in [6, 6.07) is 11.8. The number of nitrogens with zero attached hydrogens (tertiary/aromatic N) is 1. The highest BCUT2D eigenvalue weighted by atomic mass is 32.2. The van der Waals surface area contributed by atoms with Gasteiger partial charge < -0.3 is 9.30 Å². The highest BCUT2D eigenvalue weighted by Crippen LogP contribution is 2.21. The molecule has 3 aromatic rings. The number of fused-ring (bicyclic) bond motifs is 1. The van der Waals surface area contributed by atoms with Gasteiger partial charge in [-0.05, 0) is 44.2 Å². The standard InChI is InChI=1S/C18H20N2O4S2/c1-12-4-6-14(7-5-12)24-11-13(2)19-26(22,23)15-8-9-16-17(10-15)25-18(21)20(16)3/h4-10,13,19H,11H2,1-3H3/t13-/m1/s1. The summed E-state index contributed by atoms with van der Waals surface area (Å²) in [5, 5.41) is 0. The van der Waals surface area contributed by atoms with Crippen LogP contribution in [0.2, 0.25) is 0 Å². The second-order valence-corrected chi connectivity index (χ2v) is 8.91. The van der Waals surface area contributed by atoms with E-state index < -0.39 is 16.1 Å². The number of benzene rings is 2. The van der Waals surface area contributed by atoms with E-state index in [1.54, 1.807) is 20.0 Å². The highest BCUT2D eigenvalue weighted by molar-refractivity contribution is 7.89. The normalized spacial score (nSPS) is 13.0. The number of aromatic nitrogens is 1. The van der Waals surface area contributed by atoms with Crippen molar-refractivity contribution in [1.29, 1.82) is 0 Å². The van der Waals surface area contributed by atoms with Crippen molar-refractivity contribution in [1.82, 2.24) is 9.29 Å². The summed E-state index contributed by atoms with van der Waals surface area (Å²) in [7, 11) is -2.04. The number of hydrogen-bond acceptors (Lipinski definition) is 5. The summed E-state index contributed by atoms with van der Waals surface area (Å²) in [5.74, 6) is 0.692.